The normalized spacial score (nSPS) is 15.7. The summed E-state index contributed by atoms with van der Waals surface area (Å²) in [5, 5.41) is 0. The van der Waals surface area contributed by atoms with Gasteiger partial charge in [-0.1, -0.05) is 12.1 Å². The number of aryl methyl sites for hydroxylation is 1. The number of aromatic amines is 2. The highest BCUT2D eigenvalue weighted by Gasteiger charge is 2.23. The fraction of sp³-hybridized carbons (Fsp3) is 0.353. The summed E-state index contributed by atoms with van der Waals surface area (Å²) < 4.78 is 15.2. The van der Waals surface area contributed by atoms with E-state index in [0.717, 1.165) is 26.2 Å². The number of nitrogens with zero attached hydrogens (tertiary/aromatic N) is 3. The molecule has 4 rings (SSSR count). The lowest BCUT2D eigenvalue weighted by Gasteiger charge is -2.33. The fourth-order valence-corrected chi connectivity index (χ4v) is 3.42. The van der Waals surface area contributed by atoms with Gasteiger partial charge in [-0.3, -0.25) is 14.3 Å². The number of hydrogen-bond donors (Lipinski definition) is 3. The lowest BCUT2D eigenvalue weighted by atomic mass is 10.2. The molecule has 136 valence electrons. The zero-order valence-corrected chi connectivity index (χ0v) is 14.4. The average molecular weight is 359 g/mol. The third kappa shape index (κ3) is 2.90. The molecule has 3 heterocycles. The van der Waals surface area contributed by atoms with Crippen molar-refractivity contribution in [3.05, 3.63) is 56.7 Å². The first kappa shape index (κ1) is 16.5. The van der Waals surface area contributed by atoms with E-state index in [0.29, 0.717) is 29.2 Å². The Hall–Kier alpha value is -2.94. The van der Waals surface area contributed by atoms with E-state index in [1.807, 2.05) is 11.0 Å². The molecular formula is C17H20FN6O2+. The van der Waals surface area contributed by atoms with Crippen molar-refractivity contribution >= 4 is 16.9 Å². The number of benzene rings is 1. The molecule has 1 aromatic carbocycles. The Bertz CT molecular complexity index is 1060. The van der Waals surface area contributed by atoms with Gasteiger partial charge < -0.3 is 14.8 Å². The van der Waals surface area contributed by atoms with Crippen LogP contribution in [0.2, 0.25) is 0 Å². The molecule has 0 bridgehead atoms. The molecule has 1 aliphatic rings. The van der Waals surface area contributed by atoms with Crippen molar-refractivity contribution in [3.63, 3.8) is 0 Å². The lowest BCUT2D eigenvalue weighted by molar-refractivity contribution is -0.914. The van der Waals surface area contributed by atoms with Crippen LogP contribution < -0.4 is 21.0 Å². The first-order valence-corrected chi connectivity index (χ1v) is 8.54. The molecule has 1 fully saturated rings. The van der Waals surface area contributed by atoms with E-state index >= 15 is 0 Å². The second-order valence-corrected chi connectivity index (χ2v) is 6.57. The van der Waals surface area contributed by atoms with Crippen LogP contribution in [0.25, 0.3) is 11.2 Å². The maximum Gasteiger partial charge on any atom is 0.329 e. The average Bonchev–Trinajstić information content (AvgIpc) is 3.06. The number of piperazine rings is 1. The van der Waals surface area contributed by atoms with E-state index in [9.17, 15) is 14.0 Å². The zero-order chi connectivity index (χ0) is 18.3. The molecule has 9 heteroatoms. The smallest absolute Gasteiger partial charge is 0.329 e. The van der Waals surface area contributed by atoms with Gasteiger partial charge in [-0.15, -0.1) is 0 Å². The van der Waals surface area contributed by atoms with Crippen LogP contribution in [0.15, 0.2) is 33.9 Å². The van der Waals surface area contributed by atoms with Gasteiger partial charge in [0, 0.05) is 7.05 Å². The van der Waals surface area contributed by atoms with Gasteiger partial charge in [0.05, 0.1) is 31.9 Å². The predicted octanol–water partition coefficient (Wildman–Crippen LogP) is -1.01. The van der Waals surface area contributed by atoms with Crippen molar-refractivity contribution in [2.24, 2.45) is 7.05 Å². The zero-order valence-electron chi connectivity index (χ0n) is 14.4. The molecule has 26 heavy (non-hydrogen) atoms. The summed E-state index contributed by atoms with van der Waals surface area (Å²) in [5.74, 6) is 0.467. The largest absolute Gasteiger partial charge is 0.358 e. The minimum Gasteiger partial charge on any atom is -0.358 e. The minimum absolute atomic E-state index is 0.201. The molecule has 3 N–H and O–H groups in total. The Morgan fingerprint density at radius 2 is 1.92 bits per heavy atom. The Kier molecular flexibility index (Phi) is 4.08. The molecule has 0 unspecified atom stereocenters. The van der Waals surface area contributed by atoms with Crippen LogP contribution >= 0.6 is 0 Å². The van der Waals surface area contributed by atoms with Crippen LogP contribution in [-0.4, -0.2) is 45.7 Å². The molecule has 8 nitrogen and oxygen atoms in total. The molecule has 0 radical (unpaired) electrons. The van der Waals surface area contributed by atoms with Crippen molar-refractivity contribution < 1.29 is 9.29 Å². The summed E-state index contributed by atoms with van der Waals surface area (Å²) >= 11 is 0. The molecule has 0 spiro atoms. The van der Waals surface area contributed by atoms with Gasteiger partial charge in [0.15, 0.2) is 11.5 Å². The van der Waals surface area contributed by atoms with E-state index in [2.05, 4.69) is 15.0 Å². The lowest BCUT2D eigenvalue weighted by Crippen LogP contribution is -3.13. The van der Waals surface area contributed by atoms with Crippen LogP contribution in [0.3, 0.4) is 0 Å². The van der Waals surface area contributed by atoms with Gasteiger partial charge in [0.1, 0.15) is 17.9 Å². The van der Waals surface area contributed by atoms with Gasteiger partial charge in [0.25, 0.3) is 5.56 Å². The molecule has 2 aromatic heterocycles. The first-order valence-electron chi connectivity index (χ1n) is 8.54. The van der Waals surface area contributed by atoms with Gasteiger partial charge in [-0.25, -0.2) is 14.2 Å². The van der Waals surface area contributed by atoms with Gasteiger partial charge >= 0.3 is 5.69 Å². The first-order chi connectivity index (χ1) is 12.5. The molecule has 1 saturated heterocycles. The number of hydrogen-bond acceptors (Lipinski definition) is 4. The molecule has 0 saturated carbocycles. The van der Waals surface area contributed by atoms with E-state index < -0.39 is 11.2 Å². The monoisotopic (exact) mass is 359 g/mol. The minimum atomic E-state index is -0.480. The number of nitrogens with one attached hydrogen (secondary N) is 3. The van der Waals surface area contributed by atoms with Crippen LogP contribution in [0.1, 0.15) is 5.82 Å². The standard InChI is InChI=1S/C17H19FN6O2/c1-22-15-14(16(25)21-17(22)26)19-13(20-15)10-23-6-8-24(9-7-23)12-5-3-2-4-11(12)18/h2-5H,6-10H2,1H3,(H,19,20)(H,21,25,26)/p+1. The van der Waals surface area contributed by atoms with Gasteiger partial charge in [-0.2, -0.15) is 0 Å². The number of fused-ring (bicyclic) bond motifs is 1. The molecule has 0 atom stereocenters. The summed E-state index contributed by atoms with van der Waals surface area (Å²) in [6, 6.07) is 6.81. The van der Waals surface area contributed by atoms with Gasteiger partial charge in [0.2, 0.25) is 0 Å². The molecule has 0 aliphatic carbocycles. The Labute approximate surface area is 147 Å². The SMILES string of the molecule is Cn1c(=O)[nH]c(=O)c2[nH]c(C[NH+]3CCN(c4ccccc4F)CC3)nc21. The topological polar surface area (TPSA) is 91.2 Å². The van der Waals surface area contributed by atoms with Crippen LogP contribution in [-0.2, 0) is 13.6 Å². The third-order valence-corrected chi connectivity index (χ3v) is 4.88. The Balaban J connectivity index is 1.48. The molecule has 3 aromatic rings. The van der Waals surface area contributed by atoms with Crippen LogP contribution in [0.4, 0.5) is 10.1 Å². The number of halogens is 1. The summed E-state index contributed by atoms with van der Waals surface area (Å²) in [5.41, 5.74) is 0.370. The molecular weight excluding hydrogens is 339 g/mol. The van der Waals surface area contributed by atoms with Crippen LogP contribution in [0.5, 0.6) is 0 Å². The highest BCUT2D eigenvalue weighted by molar-refractivity contribution is 5.69. The highest BCUT2D eigenvalue weighted by Crippen LogP contribution is 2.18. The predicted molar refractivity (Wildman–Crippen MR) is 95.0 cm³/mol. The second kappa shape index (κ2) is 6.41. The second-order valence-electron chi connectivity index (χ2n) is 6.57. The quantitative estimate of drug-likeness (QED) is 0.559. The number of aromatic nitrogens is 4. The number of para-hydroxylation sites is 1. The number of imidazole rings is 1. The summed E-state index contributed by atoms with van der Waals surface area (Å²) in [6.45, 7) is 3.78. The molecule has 0 amide bonds. The van der Waals surface area contributed by atoms with E-state index in [1.54, 1.807) is 19.2 Å². The van der Waals surface area contributed by atoms with Crippen molar-refractivity contribution in [3.8, 4) is 0 Å². The summed E-state index contributed by atoms with van der Waals surface area (Å²) in [4.78, 5) is 36.6. The van der Waals surface area contributed by atoms with E-state index in [4.69, 9.17) is 0 Å². The van der Waals surface area contributed by atoms with Gasteiger partial charge in [-0.05, 0) is 12.1 Å². The van der Waals surface area contributed by atoms with E-state index in [1.165, 1.54) is 15.5 Å². The molecule has 1 aliphatic heterocycles. The number of quaternary nitrogens is 1. The van der Waals surface area contributed by atoms with Crippen molar-refractivity contribution in [2.75, 3.05) is 31.1 Å². The number of rotatable bonds is 3. The maximum atomic E-state index is 13.9. The van der Waals surface area contributed by atoms with Crippen molar-refractivity contribution in [1.82, 2.24) is 19.5 Å². The van der Waals surface area contributed by atoms with Crippen molar-refractivity contribution in [2.45, 2.75) is 6.54 Å². The highest BCUT2D eigenvalue weighted by atomic mass is 19.1. The van der Waals surface area contributed by atoms with Crippen molar-refractivity contribution in [1.29, 1.82) is 0 Å². The summed E-state index contributed by atoms with van der Waals surface area (Å²) in [7, 11) is 1.57. The van der Waals surface area contributed by atoms with Crippen LogP contribution in [0, 0.1) is 5.82 Å². The Morgan fingerprint density at radius 1 is 1.19 bits per heavy atom. The number of H-pyrrole nitrogens is 2. The third-order valence-electron chi connectivity index (χ3n) is 4.88. The fourth-order valence-electron chi connectivity index (χ4n) is 3.42. The maximum absolute atomic E-state index is 13.9. The van der Waals surface area contributed by atoms with E-state index in [-0.39, 0.29) is 5.82 Å². The number of anilines is 1. The summed E-state index contributed by atoms with van der Waals surface area (Å²) in [6.07, 6.45) is 0. The Morgan fingerprint density at radius 3 is 2.65 bits per heavy atom.